The first-order chi connectivity index (χ1) is 11.0. The van der Waals surface area contributed by atoms with Crippen molar-refractivity contribution in [2.75, 3.05) is 11.9 Å². The SMILES string of the molecule is Cc1nn(C)c2c1[C@@H](c1ccccc1OCC(C)C)CC(=O)N2. The fraction of sp³-hybridized carbons (Fsp3) is 0.444. The van der Waals surface area contributed by atoms with Crippen molar-refractivity contribution in [2.45, 2.75) is 33.1 Å². The molecule has 0 fully saturated rings. The number of amides is 1. The van der Waals surface area contributed by atoms with Crippen LogP contribution in [0.15, 0.2) is 24.3 Å². The average molecular weight is 313 g/mol. The van der Waals surface area contributed by atoms with Gasteiger partial charge in [0.05, 0.1) is 12.3 Å². The van der Waals surface area contributed by atoms with E-state index in [2.05, 4.69) is 30.3 Å². The molecular formula is C18H23N3O2. The predicted molar refractivity (Wildman–Crippen MR) is 89.8 cm³/mol. The van der Waals surface area contributed by atoms with Crippen molar-refractivity contribution in [3.63, 3.8) is 0 Å². The van der Waals surface area contributed by atoms with E-state index in [4.69, 9.17) is 4.74 Å². The number of hydrogen-bond acceptors (Lipinski definition) is 3. The summed E-state index contributed by atoms with van der Waals surface area (Å²) in [5.74, 6) is 2.10. The molecule has 1 aromatic heterocycles. The zero-order valence-electron chi connectivity index (χ0n) is 14.1. The van der Waals surface area contributed by atoms with Gasteiger partial charge in [-0.3, -0.25) is 9.48 Å². The summed E-state index contributed by atoms with van der Waals surface area (Å²) in [4.78, 5) is 12.2. The van der Waals surface area contributed by atoms with E-state index in [9.17, 15) is 4.79 Å². The Morgan fingerprint density at radius 1 is 1.39 bits per heavy atom. The molecule has 1 amide bonds. The van der Waals surface area contributed by atoms with Crippen LogP contribution in [0.3, 0.4) is 0 Å². The van der Waals surface area contributed by atoms with Gasteiger partial charge in [0.2, 0.25) is 5.91 Å². The Morgan fingerprint density at radius 3 is 2.87 bits per heavy atom. The van der Waals surface area contributed by atoms with Gasteiger partial charge in [-0.25, -0.2) is 0 Å². The number of rotatable bonds is 4. The third-order valence-electron chi connectivity index (χ3n) is 4.13. The third kappa shape index (κ3) is 2.96. The Bertz CT molecular complexity index is 734. The van der Waals surface area contributed by atoms with Crippen molar-refractivity contribution in [1.29, 1.82) is 0 Å². The number of aryl methyl sites for hydroxylation is 2. The Kier molecular flexibility index (Phi) is 4.11. The first kappa shape index (κ1) is 15.6. The summed E-state index contributed by atoms with van der Waals surface area (Å²) in [5.41, 5.74) is 3.10. The molecule has 1 atom stereocenters. The zero-order chi connectivity index (χ0) is 16.6. The van der Waals surface area contributed by atoms with Gasteiger partial charge >= 0.3 is 0 Å². The van der Waals surface area contributed by atoms with Gasteiger partial charge in [0.1, 0.15) is 11.6 Å². The van der Waals surface area contributed by atoms with E-state index < -0.39 is 0 Å². The first-order valence-electron chi connectivity index (χ1n) is 8.02. The molecule has 1 aromatic carbocycles. The van der Waals surface area contributed by atoms with Gasteiger partial charge in [0, 0.05) is 30.5 Å². The van der Waals surface area contributed by atoms with E-state index >= 15 is 0 Å². The fourth-order valence-corrected chi connectivity index (χ4v) is 3.13. The molecule has 5 nitrogen and oxygen atoms in total. The molecule has 2 aromatic rings. The highest BCUT2D eigenvalue weighted by Crippen LogP contribution is 2.42. The lowest BCUT2D eigenvalue weighted by molar-refractivity contribution is -0.116. The number of nitrogens with zero attached hydrogens (tertiary/aromatic N) is 2. The number of hydrogen-bond donors (Lipinski definition) is 1. The van der Waals surface area contributed by atoms with Crippen molar-refractivity contribution in [1.82, 2.24) is 9.78 Å². The highest BCUT2D eigenvalue weighted by molar-refractivity contribution is 5.94. The Hall–Kier alpha value is -2.30. The van der Waals surface area contributed by atoms with Gasteiger partial charge in [0.15, 0.2) is 0 Å². The van der Waals surface area contributed by atoms with Crippen LogP contribution in [-0.2, 0) is 11.8 Å². The quantitative estimate of drug-likeness (QED) is 0.943. The first-order valence-corrected chi connectivity index (χ1v) is 8.02. The van der Waals surface area contributed by atoms with Crippen molar-refractivity contribution < 1.29 is 9.53 Å². The van der Waals surface area contributed by atoms with Gasteiger partial charge in [-0.15, -0.1) is 0 Å². The third-order valence-corrected chi connectivity index (χ3v) is 4.13. The number of fused-ring (bicyclic) bond motifs is 1. The lowest BCUT2D eigenvalue weighted by atomic mass is 9.85. The van der Waals surface area contributed by atoms with Crippen LogP contribution < -0.4 is 10.1 Å². The van der Waals surface area contributed by atoms with Gasteiger partial charge < -0.3 is 10.1 Å². The molecule has 1 aliphatic rings. The van der Waals surface area contributed by atoms with Crippen molar-refractivity contribution in [2.24, 2.45) is 13.0 Å². The van der Waals surface area contributed by atoms with Crippen molar-refractivity contribution in [3.8, 4) is 5.75 Å². The summed E-state index contributed by atoms with van der Waals surface area (Å²) < 4.78 is 7.73. The second-order valence-corrected chi connectivity index (χ2v) is 6.52. The minimum atomic E-state index is -0.0178. The van der Waals surface area contributed by atoms with E-state index in [-0.39, 0.29) is 11.8 Å². The van der Waals surface area contributed by atoms with Gasteiger partial charge in [-0.1, -0.05) is 32.0 Å². The molecule has 23 heavy (non-hydrogen) atoms. The monoisotopic (exact) mass is 313 g/mol. The van der Waals surface area contributed by atoms with Gasteiger partial charge in [0.25, 0.3) is 0 Å². The lowest BCUT2D eigenvalue weighted by Crippen LogP contribution is -2.25. The Labute approximate surface area is 136 Å². The molecule has 122 valence electrons. The fourth-order valence-electron chi connectivity index (χ4n) is 3.13. The summed E-state index contributed by atoms with van der Waals surface area (Å²) in [6.07, 6.45) is 0.418. The number of carbonyl (C=O) groups excluding carboxylic acids is 1. The molecular weight excluding hydrogens is 290 g/mol. The van der Waals surface area contributed by atoms with E-state index in [1.165, 1.54) is 0 Å². The summed E-state index contributed by atoms with van der Waals surface area (Å²) >= 11 is 0. The molecule has 0 saturated carbocycles. The molecule has 1 N–H and O–H groups in total. The van der Waals surface area contributed by atoms with Crippen LogP contribution >= 0.6 is 0 Å². The average Bonchev–Trinajstić information content (AvgIpc) is 2.79. The summed E-state index contributed by atoms with van der Waals surface area (Å²) in [6.45, 7) is 6.90. The van der Waals surface area contributed by atoms with E-state index in [1.807, 2.05) is 32.2 Å². The molecule has 1 aliphatic heterocycles. The molecule has 2 heterocycles. The van der Waals surface area contributed by atoms with Gasteiger partial charge in [-0.2, -0.15) is 5.10 Å². The normalized spacial score (nSPS) is 17.1. The van der Waals surface area contributed by atoms with E-state index in [0.717, 1.165) is 28.4 Å². The summed E-state index contributed by atoms with van der Waals surface area (Å²) in [5, 5.41) is 7.41. The van der Waals surface area contributed by atoms with Gasteiger partial charge in [-0.05, 0) is 18.9 Å². The number of aromatic nitrogens is 2. The zero-order valence-corrected chi connectivity index (χ0v) is 14.1. The van der Waals surface area contributed by atoms with Crippen LogP contribution in [0, 0.1) is 12.8 Å². The van der Waals surface area contributed by atoms with Crippen LogP contribution in [-0.4, -0.2) is 22.3 Å². The number of carbonyl (C=O) groups is 1. The number of ether oxygens (including phenoxy) is 1. The van der Waals surface area contributed by atoms with Crippen LogP contribution in [0.4, 0.5) is 5.82 Å². The standard InChI is InChI=1S/C18H23N3O2/c1-11(2)10-23-15-8-6-5-7-13(15)14-9-16(22)19-18-17(14)12(3)20-21(18)4/h5-8,11,14H,9-10H2,1-4H3,(H,19,22)/t14-/m1/s1. The number of nitrogens with one attached hydrogen (secondary N) is 1. The molecule has 0 saturated heterocycles. The molecule has 3 rings (SSSR count). The van der Waals surface area contributed by atoms with Crippen LogP contribution in [0.1, 0.15) is 43.0 Å². The number of benzene rings is 1. The molecule has 5 heteroatoms. The summed E-state index contributed by atoms with van der Waals surface area (Å²) in [6, 6.07) is 8.00. The second kappa shape index (κ2) is 6.07. The second-order valence-electron chi connectivity index (χ2n) is 6.52. The molecule has 0 spiro atoms. The smallest absolute Gasteiger partial charge is 0.226 e. The maximum Gasteiger partial charge on any atom is 0.226 e. The minimum Gasteiger partial charge on any atom is -0.493 e. The predicted octanol–water partition coefficient (Wildman–Crippen LogP) is 3.24. The minimum absolute atomic E-state index is 0.0177. The van der Waals surface area contributed by atoms with Crippen LogP contribution in [0.25, 0.3) is 0 Å². The van der Waals surface area contributed by atoms with Crippen LogP contribution in [0.2, 0.25) is 0 Å². The van der Waals surface area contributed by atoms with Crippen LogP contribution in [0.5, 0.6) is 5.75 Å². The Balaban J connectivity index is 2.04. The van der Waals surface area contributed by atoms with Crippen molar-refractivity contribution in [3.05, 3.63) is 41.1 Å². The lowest BCUT2D eigenvalue weighted by Gasteiger charge is -2.26. The maximum absolute atomic E-state index is 12.2. The molecule has 0 aliphatic carbocycles. The van der Waals surface area contributed by atoms with Crippen molar-refractivity contribution >= 4 is 11.7 Å². The highest BCUT2D eigenvalue weighted by atomic mass is 16.5. The topological polar surface area (TPSA) is 56.2 Å². The Morgan fingerprint density at radius 2 is 2.13 bits per heavy atom. The van der Waals surface area contributed by atoms with E-state index in [1.54, 1.807) is 4.68 Å². The maximum atomic E-state index is 12.2. The highest BCUT2D eigenvalue weighted by Gasteiger charge is 2.33. The number of para-hydroxylation sites is 1. The molecule has 0 radical (unpaired) electrons. The molecule has 0 unspecified atom stereocenters. The summed E-state index contributed by atoms with van der Waals surface area (Å²) in [7, 11) is 1.86. The van der Waals surface area contributed by atoms with E-state index in [0.29, 0.717) is 18.9 Å². The number of anilines is 1. The molecule has 0 bridgehead atoms. The largest absolute Gasteiger partial charge is 0.493 e.